The fourth-order valence-corrected chi connectivity index (χ4v) is 9.96. The first-order valence-corrected chi connectivity index (χ1v) is 20.8. The summed E-state index contributed by atoms with van der Waals surface area (Å²) in [5, 5.41) is 7.67. The predicted molar refractivity (Wildman–Crippen MR) is 251 cm³/mol. The molecule has 1 aliphatic rings. The first-order chi connectivity index (χ1) is 28.6. The molecule has 58 heavy (non-hydrogen) atoms. The topological polar surface area (TPSA) is 0 Å². The molecule has 0 saturated heterocycles. The smallest absolute Gasteiger partial charge is 0.0210 e. The maximum Gasteiger partial charge on any atom is 0.0210 e. The van der Waals surface area contributed by atoms with Crippen LogP contribution in [0.2, 0.25) is 0 Å². The predicted octanol–water partition coefficient (Wildman–Crippen LogP) is 16.5. The zero-order chi connectivity index (χ0) is 39.2. The average molecular weight is 743 g/mol. The number of rotatable bonds is 8. The van der Waals surface area contributed by atoms with Crippen LogP contribution in [0.3, 0.4) is 0 Å². The molecule has 0 spiro atoms. The van der Waals surface area contributed by atoms with Crippen LogP contribution in [0, 0.1) is 0 Å². The molecule has 0 unspecified atom stereocenters. The summed E-state index contributed by atoms with van der Waals surface area (Å²) >= 11 is 0. The fourth-order valence-electron chi connectivity index (χ4n) is 9.96. The maximum absolute atomic E-state index is 2.59. The van der Waals surface area contributed by atoms with Gasteiger partial charge in [0.25, 0.3) is 0 Å². The zero-order valence-electron chi connectivity index (χ0n) is 33.5. The number of fused-ring (bicyclic) bond motifs is 7. The summed E-state index contributed by atoms with van der Waals surface area (Å²) in [5.41, 5.74) is 16.7. The average Bonchev–Trinajstić information content (AvgIpc) is 3.56. The highest BCUT2D eigenvalue weighted by atomic mass is 14.4. The van der Waals surface area contributed by atoms with Gasteiger partial charge in [-0.1, -0.05) is 172 Å². The van der Waals surface area contributed by atoms with Crippen LogP contribution >= 0.6 is 0 Å². The largest absolute Gasteiger partial charge is 0.0877 e. The van der Waals surface area contributed by atoms with E-state index in [1.54, 1.807) is 0 Å². The van der Waals surface area contributed by atoms with Crippen LogP contribution in [0.15, 0.2) is 194 Å². The summed E-state index contributed by atoms with van der Waals surface area (Å²) < 4.78 is 0. The lowest BCUT2D eigenvalue weighted by Gasteiger charge is -2.31. The molecule has 0 amide bonds. The van der Waals surface area contributed by atoms with Crippen LogP contribution in [0.5, 0.6) is 0 Å². The van der Waals surface area contributed by atoms with Crippen LogP contribution in [0.1, 0.15) is 50.3 Å². The van der Waals surface area contributed by atoms with E-state index in [-0.39, 0.29) is 5.41 Å². The number of allylic oxidation sites excluding steroid dienone is 3. The van der Waals surface area contributed by atoms with Gasteiger partial charge in [-0.15, -0.1) is 0 Å². The normalized spacial score (nSPS) is 13.2. The third kappa shape index (κ3) is 5.74. The molecule has 0 atom stereocenters. The lowest BCUT2D eigenvalue weighted by Crippen LogP contribution is -2.23. The van der Waals surface area contributed by atoms with Crippen molar-refractivity contribution in [1.29, 1.82) is 0 Å². The Kier molecular flexibility index (Phi) is 8.99. The van der Waals surface area contributed by atoms with Crippen LogP contribution in [0.4, 0.5) is 0 Å². The lowest BCUT2D eigenvalue weighted by atomic mass is 9.72. The van der Waals surface area contributed by atoms with Crippen molar-refractivity contribution in [2.24, 2.45) is 0 Å². The van der Waals surface area contributed by atoms with Gasteiger partial charge in [-0.3, -0.25) is 0 Å². The minimum Gasteiger partial charge on any atom is -0.0877 e. The number of hydrogen-bond acceptors (Lipinski definition) is 0. The second-order valence-corrected chi connectivity index (χ2v) is 15.8. The summed E-state index contributed by atoms with van der Waals surface area (Å²) in [7, 11) is 0. The summed E-state index contributed by atoms with van der Waals surface area (Å²) in [6, 6.07) is 66.1. The Morgan fingerprint density at radius 2 is 0.862 bits per heavy atom. The molecular weight excluding hydrogens is 697 g/mol. The third-order valence-electron chi connectivity index (χ3n) is 12.8. The second-order valence-electron chi connectivity index (χ2n) is 15.8. The second kappa shape index (κ2) is 14.6. The van der Waals surface area contributed by atoms with Crippen molar-refractivity contribution < 1.29 is 0 Å². The minimum atomic E-state index is -0.162. The van der Waals surface area contributed by atoms with E-state index in [0.29, 0.717) is 0 Å². The van der Waals surface area contributed by atoms with E-state index in [0.717, 1.165) is 12.8 Å². The Hall–Kier alpha value is -6.76. The highest BCUT2D eigenvalue weighted by molar-refractivity contribution is 6.15. The zero-order valence-corrected chi connectivity index (χ0v) is 33.5. The van der Waals surface area contributed by atoms with Crippen molar-refractivity contribution in [3.63, 3.8) is 0 Å². The van der Waals surface area contributed by atoms with Crippen molar-refractivity contribution in [3.05, 3.63) is 211 Å². The van der Waals surface area contributed by atoms with Gasteiger partial charge in [0.15, 0.2) is 0 Å². The standard InChI is InChI=1S/C58H46/c1-4-7-10-21-39-32-42-26-15-18-29-45(42)50(33-39)52-37-56-54(35-48(52)40-22-11-8-12-23-40)55-36-49(41-24-13-9-14-25-41)53(38-57(55)58(56,5-2)6-3)51-34-43-27-16-17-28-44(43)46-30-19-20-31-47(46)51/h4,7-38H,5-6H2,1-3H3/b7-4-,21-10-. The van der Waals surface area contributed by atoms with Crippen LogP contribution in [-0.4, -0.2) is 0 Å². The van der Waals surface area contributed by atoms with Crippen molar-refractivity contribution >= 4 is 38.4 Å². The van der Waals surface area contributed by atoms with Crippen LogP contribution in [-0.2, 0) is 5.41 Å². The Morgan fingerprint density at radius 3 is 1.43 bits per heavy atom. The maximum atomic E-state index is 2.59. The molecule has 0 radical (unpaired) electrons. The van der Waals surface area contributed by atoms with Crippen molar-refractivity contribution in [2.75, 3.05) is 0 Å². The molecule has 0 N–H and O–H groups in total. The molecule has 0 nitrogen and oxygen atoms in total. The molecular formula is C58H46. The SMILES string of the molecule is C/C=C\C=C/c1cc(-c2cc3c(cc2-c2ccccc2)-c2cc(-c4ccccc4)c(-c4cc5ccccc5c5ccccc45)cc2C3(CC)CC)c2ccccc2c1. The monoisotopic (exact) mass is 742 g/mol. The minimum absolute atomic E-state index is 0.162. The highest BCUT2D eigenvalue weighted by Gasteiger charge is 2.42. The van der Waals surface area contributed by atoms with E-state index in [9.17, 15) is 0 Å². The number of hydrogen-bond donors (Lipinski definition) is 0. The molecule has 0 heteroatoms. The molecule has 9 aromatic rings. The summed E-state index contributed by atoms with van der Waals surface area (Å²) in [6.45, 7) is 6.85. The van der Waals surface area contributed by atoms with Gasteiger partial charge in [-0.2, -0.15) is 0 Å². The Bertz CT molecular complexity index is 3060. The molecule has 278 valence electrons. The van der Waals surface area contributed by atoms with Crippen LogP contribution < -0.4 is 0 Å². The van der Waals surface area contributed by atoms with E-state index in [2.05, 4.69) is 221 Å². The third-order valence-corrected chi connectivity index (χ3v) is 12.8. The molecule has 0 aliphatic heterocycles. The van der Waals surface area contributed by atoms with E-state index >= 15 is 0 Å². The van der Waals surface area contributed by atoms with Crippen LogP contribution in [0.25, 0.3) is 94.0 Å². The van der Waals surface area contributed by atoms with Crippen molar-refractivity contribution in [3.8, 4) is 55.6 Å². The van der Waals surface area contributed by atoms with Gasteiger partial charge in [-0.25, -0.2) is 0 Å². The molecule has 9 aromatic carbocycles. The lowest BCUT2D eigenvalue weighted by molar-refractivity contribution is 0.491. The van der Waals surface area contributed by atoms with E-state index in [1.807, 2.05) is 0 Å². The van der Waals surface area contributed by atoms with Gasteiger partial charge in [0, 0.05) is 5.41 Å². The van der Waals surface area contributed by atoms with E-state index in [1.165, 1.54) is 105 Å². The first kappa shape index (κ1) is 35.6. The van der Waals surface area contributed by atoms with Gasteiger partial charge >= 0.3 is 0 Å². The fraction of sp³-hybridized carbons (Fsp3) is 0.103. The molecule has 1 aliphatic carbocycles. The van der Waals surface area contributed by atoms with E-state index < -0.39 is 0 Å². The van der Waals surface area contributed by atoms with Gasteiger partial charge in [0.1, 0.15) is 0 Å². The first-order valence-electron chi connectivity index (χ1n) is 20.8. The highest BCUT2D eigenvalue weighted by Crippen LogP contribution is 2.58. The molecule has 0 fully saturated rings. The molecule has 0 heterocycles. The molecule has 0 saturated carbocycles. The van der Waals surface area contributed by atoms with Gasteiger partial charge in [0.05, 0.1) is 0 Å². The summed E-state index contributed by atoms with van der Waals surface area (Å²) in [6.07, 6.45) is 10.6. The van der Waals surface area contributed by atoms with Gasteiger partial charge in [0.2, 0.25) is 0 Å². The molecule has 0 bridgehead atoms. The van der Waals surface area contributed by atoms with Crippen molar-refractivity contribution in [1.82, 2.24) is 0 Å². The molecule has 10 rings (SSSR count). The summed E-state index contributed by atoms with van der Waals surface area (Å²) in [5.74, 6) is 0. The summed E-state index contributed by atoms with van der Waals surface area (Å²) in [4.78, 5) is 0. The Morgan fingerprint density at radius 1 is 0.379 bits per heavy atom. The van der Waals surface area contributed by atoms with Crippen molar-refractivity contribution in [2.45, 2.75) is 39.0 Å². The number of benzene rings is 9. The van der Waals surface area contributed by atoms with Gasteiger partial charge in [-0.05, 0) is 167 Å². The Balaban J connectivity index is 1.30. The van der Waals surface area contributed by atoms with Gasteiger partial charge < -0.3 is 0 Å². The Labute approximate surface area is 342 Å². The quantitative estimate of drug-likeness (QED) is 0.107. The van der Waals surface area contributed by atoms with E-state index in [4.69, 9.17) is 0 Å². The molecule has 0 aromatic heterocycles.